The van der Waals surface area contributed by atoms with Gasteiger partial charge in [0, 0.05) is 23.7 Å². The van der Waals surface area contributed by atoms with Crippen LogP contribution in [0.15, 0.2) is 60.7 Å². The summed E-state index contributed by atoms with van der Waals surface area (Å²) in [6, 6.07) is 18.1. The van der Waals surface area contributed by atoms with Crippen LogP contribution in [-0.2, 0) is 29.1 Å². The van der Waals surface area contributed by atoms with Crippen molar-refractivity contribution in [3.8, 4) is 22.6 Å². The first-order valence-corrected chi connectivity index (χ1v) is 11.4. The number of carboxylic acid groups (broad SMARTS) is 1. The van der Waals surface area contributed by atoms with Gasteiger partial charge in [0.15, 0.2) is 11.5 Å². The highest BCUT2D eigenvalue weighted by Crippen LogP contribution is 2.41. The zero-order chi connectivity index (χ0) is 25.4. The molecule has 0 heterocycles. The van der Waals surface area contributed by atoms with Crippen LogP contribution < -0.4 is 9.47 Å². The number of carboxylic acids is 1. The lowest BCUT2D eigenvalue weighted by Crippen LogP contribution is -2.31. The van der Waals surface area contributed by atoms with Crippen LogP contribution in [0.25, 0.3) is 11.1 Å². The average molecular weight is 498 g/mol. The van der Waals surface area contributed by atoms with Crippen LogP contribution in [0.2, 0.25) is 5.02 Å². The average Bonchev–Trinajstić information content (AvgIpc) is 2.86. The fourth-order valence-electron chi connectivity index (χ4n) is 3.75. The Labute approximate surface area is 209 Å². The van der Waals surface area contributed by atoms with E-state index in [-0.39, 0.29) is 13.0 Å². The molecular formula is C27H28ClNO6. The molecule has 0 saturated heterocycles. The van der Waals surface area contributed by atoms with Crippen LogP contribution in [0.3, 0.4) is 0 Å². The number of methoxy groups -OCH3 is 2. The van der Waals surface area contributed by atoms with Crippen LogP contribution in [0.4, 0.5) is 4.79 Å². The monoisotopic (exact) mass is 497 g/mol. The lowest BCUT2D eigenvalue weighted by molar-refractivity contribution is -0.136. The maximum Gasteiger partial charge on any atom is 0.410 e. The highest BCUT2D eigenvalue weighted by molar-refractivity contribution is 6.30. The normalized spacial score (nSPS) is 10.5. The molecule has 0 saturated carbocycles. The van der Waals surface area contributed by atoms with E-state index >= 15 is 0 Å². The number of nitrogens with zero attached hydrogens (tertiary/aromatic N) is 1. The summed E-state index contributed by atoms with van der Waals surface area (Å²) in [5, 5.41) is 9.91. The first-order chi connectivity index (χ1) is 16.9. The molecule has 0 aliphatic rings. The van der Waals surface area contributed by atoms with E-state index < -0.39 is 12.1 Å². The van der Waals surface area contributed by atoms with Gasteiger partial charge in [0.05, 0.1) is 20.6 Å². The summed E-state index contributed by atoms with van der Waals surface area (Å²) < 4.78 is 16.6. The van der Waals surface area contributed by atoms with Gasteiger partial charge in [-0.1, -0.05) is 48.0 Å². The summed E-state index contributed by atoms with van der Waals surface area (Å²) in [6.07, 6.45) is -0.602. The molecule has 0 aromatic heterocycles. The molecule has 0 unspecified atom stereocenters. The minimum atomic E-state index is -0.947. The number of halogens is 1. The molecule has 3 aromatic rings. The van der Waals surface area contributed by atoms with Gasteiger partial charge >= 0.3 is 12.1 Å². The first kappa shape index (κ1) is 25.9. The lowest BCUT2D eigenvalue weighted by atomic mass is 9.95. The maximum atomic E-state index is 12.8. The summed E-state index contributed by atoms with van der Waals surface area (Å²) in [4.78, 5) is 25.8. The van der Waals surface area contributed by atoms with E-state index in [0.717, 1.165) is 16.7 Å². The van der Waals surface area contributed by atoms with Gasteiger partial charge in [0.25, 0.3) is 0 Å². The van der Waals surface area contributed by atoms with Gasteiger partial charge < -0.3 is 24.2 Å². The molecule has 3 aromatic carbocycles. The van der Waals surface area contributed by atoms with Crippen LogP contribution >= 0.6 is 11.6 Å². The minimum Gasteiger partial charge on any atom is -0.493 e. The smallest absolute Gasteiger partial charge is 0.410 e. The van der Waals surface area contributed by atoms with Gasteiger partial charge in [0.2, 0.25) is 0 Å². The van der Waals surface area contributed by atoms with Gasteiger partial charge in [-0.25, -0.2) is 4.79 Å². The van der Waals surface area contributed by atoms with Crippen molar-refractivity contribution >= 4 is 23.7 Å². The number of benzene rings is 3. The SMILES string of the molecule is CCN(Cc1ccccc1-c1cc(CC(=O)O)cc(OC)c1OC)C(=O)OCc1ccc(Cl)cc1. The third-order valence-corrected chi connectivity index (χ3v) is 5.73. The quantitative estimate of drug-likeness (QED) is 0.380. The highest BCUT2D eigenvalue weighted by Gasteiger charge is 2.20. The second-order valence-electron chi connectivity index (χ2n) is 7.80. The van der Waals surface area contributed by atoms with Crippen LogP contribution in [0.1, 0.15) is 23.6 Å². The zero-order valence-electron chi connectivity index (χ0n) is 19.9. The second kappa shape index (κ2) is 12.1. The molecule has 1 N–H and O–H groups in total. The molecule has 0 fully saturated rings. The van der Waals surface area contributed by atoms with Gasteiger partial charge in [-0.05, 0) is 53.4 Å². The Bertz CT molecular complexity index is 1180. The summed E-state index contributed by atoms with van der Waals surface area (Å²) in [5.41, 5.74) is 3.76. The van der Waals surface area contributed by atoms with E-state index in [1.54, 1.807) is 29.2 Å². The van der Waals surface area contributed by atoms with Crippen molar-refractivity contribution in [2.75, 3.05) is 20.8 Å². The van der Waals surface area contributed by atoms with Crippen molar-refractivity contribution < 1.29 is 28.9 Å². The largest absolute Gasteiger partial charge is 0.493 e. The van der Waals surface area contributed by atoms with E-state index in [1.165, 1.54) is 14.2 Å². The molecule has 7 nitrogen and oxygen atoms in total. The topological polar surface area (TPSA) is 85.3 Å². The minimum absolute atomic E-state index is 0.135. The van der Waals surface area contributed by atoms with Gasteiger partial charge in [-0.3, -0.25) is 4.79 Å². The Balaban J connectivity index is 1.89. The maximum absolute atomic E-state index is 12.8. The fourth-order valence-corrected chi connectivity index (χ4v) is 3.87. The fraction of sp³-hybridized carbons (Fsp3) is 0.259. The Morgan fingerprint density at radius 1 is 0.943 bits per heavy atom. The number of rotatable bonds is 10. The Hall–Kier alpha value is -3.71. The predicted octanol–water partition coefficient (Wildman–Crippen LogP) is 5.81. The number of carbonyl (C=O) groups excluding carboxylic acids is 1. The third kappa shape index (κ3) is 6.67. The molecule has 1 amide bonds. The second-order valence-corrected chi connectivity index (χ2v) is 8.24. The molecule has 0 aliphatic heterocycles. The molecule has 8 heteroatoms. The van der Waals surface area contributed by atoms with E-state index in [2.05, 4.69) is 0 Å². The van der Waals surface area contributed by atoms with Crippen LogP contribution in [0, 0.1) is 0 Å². The summed E-state index contributed by atoms with van der Waals surface area (Å²) in [5.74, 6) is -0.0229. The number of ether oxygens (including phenoxy) is 3. The van der Waals surface area contributed by atoms with Gasteiger partial charge in [0.1, 0.15) is 6.61 Å². The number of aliphatic carboxylic acids is 1. The number of carbonyl (C=O) groups is 2. The molecule has 3 rings (SSSR count). The molecule has 0 radical (unpaired) electrons. The number of hydrogen-bond acceptors (Lipinski definition) is 5. The zero-order valence-corrected chi connectivity index (χ0v) is 20.7. The molecule has 35 heavy (non-hydrogen) atoms. The standard InChI is InChI=1S/C27H28ClNO6/c1-4-29(27(32)35-17-18-9-11-21(28)12-10-18)16-20-7-5-6-8-22(20)23-13-19(15-25(30)31)14-24(33-2)26(23)34-3/h5-14H,4,15-17H2,1-3H3,(H,30,31). The molecule has 0 atom stereocenters. The van der Waals surface area contributed by atoms with Crippen molar-refractivity contribution in [1.82, 2.24) is 4.90 Å². The number of amides is 1. The van der Waals surface area contributed by atoms with E-state index in [0.29, 0.717) is 40.7 Å². The van der Waals surface area contributed by atoms with Gasteiger partial charge in [-0.15, -0.1) is 0 Å². The lowest BCUT2D eigenvalue weighted by Gasteiger charge is -2.23. The summed E-state index contributed by atoms with van der Waals surface area (Å²) >= 11 is 5.92. The van der Waals surface area contributed by atoms with E-state index in [9.17, 15) is 14.7 Å². The van der Waals surface area contributed by atoms with Crippen molar-refractivity contribution in [2.24, 2.45) is 0 Å². The van der Waals surface area contributed by atoms with Crippen molar-refractivity contribution in [3.05, 3.63) is 82.4 Å². The van der Waals surface area contributed by atoms with E-state index in [1.807, 2.05) is 43.3 Å². The Morgan fingerprint density at radius 3 is 2.29 bits per heavy atom. The predicted molar refractivity (Wildman–Crippen MR) is 134 cm³/mol. The van der Waals surface area contributed by atoms with Crippen LogP contribution in [0.5, 0.6) is 11.5 Å². The highest BCUT2D eigenvalue weighted by atomic mass is 35.5. The molecule has 0 aliphatic carbocycles. The third-order valence-electron chi connectivity index (χ3n) is 5.48. The molecule has 0 bridgehead atoms. The van der Waals surface area contributed by atoms with Crippen molar-refractivity contribution in [3.63, 3.8) is 0 Å². The first-order valence-electron chi connectivity index (χ1n) is 11.1. The molecule has 184 valence electrons. The van der Waals surface area contributed by atoms with Gasteiger partial charge in [-0.2, -0.15) is 0 Å². The van der Waals surface area contributed by atoms with Crippen molar-refractivity contribution in [2.45, 2.75) is 26.5 Å². The van der Waals surface area contributed by atoms with Crippen molar-refractivity contribution in [1.29, 1.82) is 0 Å². The molecule has 0 spiro atoms. The van der Waals surface area contributed by atoms with E-state index in [4.69, 9.17) is 25.8 Å². The summed E-state index contributed by atoms with van der Waals surface area (Å²) in [6.45, 7) is 2.74. The summed E-state index contributed by atoms with van der Waals surface area (Å²) in [7, 11) is 3.04. The molecular weight excluding hydrogens is 470 g/mol. The Kier molecular flexibility index (Phi) is 8.98. The number of hydrogen-bond donors (Lipinski definition) is 1. The Morgan fingerprint density at radius 2 is 1.66 bits per heavy atom. The van der Waals surface area contributed by atoms with Crippen LogP contribution in [-0.4, -0.2) is 42.8 Å².